The molecule has 0 saturated carbocycles. The molecule has 0 fully saturated rings. The zero-order valence-corrected chi connectivity index (χ0v) is 15.5. The van der Waals surface area contributed by atoms with Gasteiger partial charge in [0, 0.05) is 0 Å². The Balaban J connectivity index is 1.77. The van der Waals surface area contributed by atoms with Crippen molar-refractivity contribution in [3.05, 3.63) is 71.6 Å². The minimum Gasteiger partial charge on any atom is -0.465 e. The number of nitrogens with one attached hydrogen (secondary N) is 1. The van der Waals surface area contributed by atoms with Crippen molar-refractivity contribution in [1.29, 1.82) is 0 Å². The molecule has 1 aliphatic heterocycles. The van der Waals surface area contributed by atoms with Crippen molar-refractivity contribution in [2.24, 2.45) is 5.92 Å². The molecule has 0 amide bonds. The Morgan fingerprint density at radius 1 is 1.15 bits per heavy atom. The lowest BCUT2D eigenvalue weighted by Gasteiger charge is -2.19. The quantitative estimate of drug-likeness (QED) is 0.665. The molecule has 0 spiro atoms. The lowest BCUT2D eigenvalue weighted by Crippen LogP contribution is -2.21. The van der Waals surface area contributed by atoms with Gasteiger partial charge in [-0.05, 0) is 37.1 Å². The topological polar surface area (TPSA) is 55.0 Å². The number of hydrogen-bond donors (Lipinski definition) is 1. The monoisotopic (exact) mass is 364 g/mol. The van der Waals surface area contributed by atoms with E-state index in [1.807, 2.05) is 56.3 Å². The Labute approximate surface area is 156 Å². The van der Waals surface area contributed by atoms with E-state index in [0.717, 1.165) is 32.9 Å². The number of aromatic nitrogens is 2. The molecule has 0 bridgehead atoms. The average molecular weight is 364 g/mol. The number of aromatic amines is 1. The smallest absolute Gasteiger partial charge is 0.314 e. The summed E-state index contributed by atoms with van der Waals surface area (Å²) < 4.78 is 5.37. The van der Waals surface area contributed by atoms with Crippen LogP contribution in [-0.2, 0) is 9.53 Å². The molecule has 2 heterocycles. The van der Waals surface area contributed by atoms with Crippen molar-refractivity contribution in [1.82, 2.24) is 9.97 Å². The van der Waals surface area contributed by atoms with E-state index >= 15 is 0 Å². The molecule has 2 atom stereocenters. The highest BCUT2D eigenvalue weighted by atomic mass is 32.2. The van der Waals surface area contributed by atoms with E-state index in [9.17, 15) is 4.79 Å². The molecule has 3 aromatic rings. The van der Waals surface area contributed by atoms with Gasteiger partial charge in [0.15, 0.2) is 0 Å². The zero-order valence-electron chi connectivity index (χ0n) is 14.7. The average Bonchev–Trinajstić information content (AvgIpc) is 3.23. The molecule has 132 valence electrons. The summed E-state index contributed by atoms with van der Waals surface area (Å²) in [4.78, 5) is 21.8. The van der Waals surface area contributed by atoms with Crippen molar-refractivity contribution < 1.29 is 9.53 Å². The van der Waals surface area contributed by atoms with Gasteiger partial charge in [-0.3, -0.25) is 4.79 Å². The number of hydrogen-bond acceptors (Lipinski definition) is 4. The Hall–Kier alpha value is -2.53. The van der Waals surface area contributed by atoms with Crippen LogP contribution >= 0.6 is 11.8 Å². The van der Waals surface area contributed by atoms with Gasteiger partial charge in [0.1, 0.15) is 5.82 Å². The molecule has 26 heavy (non-hydrogen) atoms. The standard InChI is InChI=1S/C21H20N2O2S/c1-3-25-21(24)17-13(2)18(26-19(17)14-9-5-4-6-10-14)20-22-15-11-7-8-12-16(15)23-20/h4-12,17,19H,3H2,1-2H3,(H,22,23)/t17-,19+/m0/s1. The maximum Gasteiger partial charge on any atom is 0.314 e. The normalized spacial score (nSPS) is 19.9. The van der Waals surface area contributed by atoms with Gasteiger partial charge < -0.3 is 9.72 Å². The van der Waals surface area contributed by atoms with E-state index in [4.69, 9.17) is 9.72 Å². The Morgan fingerprint density at radius 2 is 1.88 bits per heavy atom. The number of ether oxygens (including phenoxy) is 1. The molecular formula is C21H20N2O2S. The van der Waals surface area contributed by atoms with E-state index in [1.54, 1.807) is 11.8 Å². The van der Waals surface area contributed by atoms with Crippen LogP contribution in [0.1, 0.15) is 30.5 Å². The fraction of sp³-hybridized carbons (Fsp3) is 0.238. The lowest BCUT2D eigenvalue weighted by atomic mass is 9.92. The van der Waals surface area contributed by atoms with Crippen LogP contribution in [0.2, 0.25) is 0 Å². The van der Waals surface area contributed by atoms with Gasteiger partial charge in [-0.1, -0.05) is 42.5 Å². The molecule has 2 aromatic carbocycles. The van der Waals surface area contributed by atoms with Crippen LogP contribution in [0, 0.1) is 5.92 Å². The van der Waals surface area contributed by atoms with Crippen molar-refractivity contribution in [2.45, 2.75) is 19.1 Å². The predicted molar refractivity (Wildman–Crippen MR) is 106 cm³/mol. The minimum atomic E-state index is -0.300. The first-order valence-corrected chi connectivity index (χ1v) is 9.61. The lowest BCUT2D eigenvalue weighted by molar-refractivity contribution is -0.146. The van der Waals surface area contributed by atoms with Gasteiger partial charge in [0.25, 0.3) is 0 Å². The van der Waals surface area contributed by atoms with Crippen molar-refractivity contribution >= 4 is 33.7 Å². The number of rotatable bonds is 4. The van der Waals surface area contributed by atoms with Gasteiger partial charge in [-0.15, -0.1) is 11.8 Å². The van der Waals surface area contributed by atoms with Crippen LogP contribution in [0.3, 0.4) is 0 Å². The second-order valence-electron chi connectivity index (χ2n) is 6.29. The summed E-state index contributed by atoms with van der Waals surface area (Å²) >= 11 is 1.69. The molecule has 1 aromatic heterocycles. The summed E-state index contributed by atoms with van der Waals surface area (Å²) in [5.74, 6) is 0.351. The van der Waals surface area contributed by atoms with Crippen LogP contribution in [0.5, 0.6) is 0 Å². The number of thioether (sulfide) groups is 1. The van der Waals surface area contributed by atoms with Crippen LogP contribution < -0.4 is 0 Å². The third kappa shape index (κ3) is 2.92. The summed E-state index contributed by atoms with van der Waals surface area (Å²) in [5, 5.41) is -0.00142. The molecule has 1 N–H and O–H groups in total. The summed E-state index contributed by atoms with van der Waals surface area (Å²) in [6.45, 7) is 4.24. The number of H-pyrrole nitrogens is 1. The van der Waals surface area contributed by atoms with Crippen molar-refractivity contribution in [3.8, 4) is 0 Å². The summed E-state index contributed by atoms with van der Waals surface area (Å²) in [6.07, 6.45) is 0. The highest BCUT2D eigenvalue weighted by Crippen LogP contribution is 2.55. The van der Waals surface area contributed by atoms with E-state index in [0.29, 0.717) is 6.61 Å². The molecule has 0 unspecified atom stereocenters. The second-order valence-corrected chi connectivity index (χ2v) is 7.45. The van der Waals surface area contributed by atoms with Crippen LogP contribution in [0.25, 0.3) is 15.9 Å². The Morgan fingerprint density at radius 3 is 2.62 bits per heavy atom. The fourth-order valence-corrected chi connectivity index (χ4v) is 4.91. The third-order valence-electron chi connectivity index (χ3n) is 4.65. The number of fused-ring (bicyclic) bond motifs is 1. The summed E-state index contributed by atoms with van der Waals surface area (Å²) in [6, 6.07) is 18.1. The largest absolute Gasteiger partial charge is 0.465 e. The van der Waals surface area contributed by atoms with Gasteiger partial charge in [0.2, 0.25) is 0 Å². The number of esters is 1. The molecule has 4 nitrogen and oxygen atoms in total. The number of para-hydroxylation sites is 2. The van der Waals surface area contributed by atoms with Gasteiger partial charge in [-0.2, -0.15) is 0 Å². The van der Waals surface area contributed by atoms with Crippen molar-refractivity contribution in [2.75, 3.05) is 6.61 Å². The molecule has 0 saturated heterocycles. The molecule has 1 aliphatic rings. The Kier molecular flexibility index (Phi) is 4.55. The molecule has 4 rings (SSSR count). The number of carbonyl (C=O) groups is 1. The number of imidazole rings is 1. The highest BCUT2D eigenvalue weighted by Gasteiger charge is 2.41. The maximum absolute atomic E-state index is 12.7. The van der Waals surface area contributed by atoms with E-state index in [2.05, 4.69) is 17.1 Å². The summed E-state index contributed by atoms with van der Waals surface area (Å²) in [7, 11) is 0. The van der Waals surface area contributed by atoms with E-state index < -0.39 is 0 Å². The molecule has 0 aliphatic carbocycles. The number of carbonyl (C=O) groups excluding carboxylic acids is 1. The number of benzene rings is 2. The van der Waals surface area contributed by atoms with Gasteiger partial charge >= 0.3 is 5.97 Å². The fourth-order valence-electron chi connectivity index (χ4n) is 3.39. The highest BCUT2D eigenvalue weighted by molar-refractivity contribution is 8.08. The SMILES string of the molecule is CCOC(=O)[C@H]1C(C)=C(c2nc3ccccc3[nH]2)S[C@@H]1c1ccccc1. The van der Waals surface area contributed by atoms with Crippen LogP contribution in [0.4, 0.5) is 0 Å². The van der Waals surface area contributed by atoms with E-state index in [1.165, 1.54) is 0 Å². The Bertz CT molecular complexity index is 945. The van der Waals surface area contributed by atoms with Gasteiger partial charge in [-0.25, -0.2) is 4.98 Å². The number of nitrogens with zero attached hydrogens (tertiary/aromatic N) is 1. The predicted octanol–water partition coefficient (Wildman–Crippen LogP) is 4.96. The first-order chi connectivity index (χ1) is 12.7. The molecular weight excluding hydrogens is 344 g/mol. The molecule has 5 heteroatoms. The molecule has 0 radical (unpaired) electrons. The third-order valence-corrected chi connectivity index (χ3v) is 6.19. The van der Waals surface area contributed by atoms with E-state index in [-0.39, 0.29) is 17.1 Å². The van der Waals surface area contributed by atoms with Crippen LogP contribution in [0.15, 0.2) is 60.2 Å². The maximum atomic E-state index is 12.7. The first kappa shape index (κ1) is 16.9. The first-order valence-electron chi connectivity index (χ1n) is 8.73. The van der Waals surface area contributed by atoms with Crippen molar-refractivity contribution in [3.63, 3.8) is 0 Å². The minimum absolute atomic E-state index is 0.00142. The van der Waals surface area contributed by atoms with Crippen LogP contribution in [-0.4, -0.2) is 22.5 Å². The second kappa shape index (κ2) is 7.00. The van der Waals surface area contributed by atoms with Gasteiger partial charge in [0.05, 0.1) is 33.7 Å². The zero-order chi connectivity index (χ0) is 18.1. The summed E-state index contributed by atoms with van der Waals surface area (Å²) in [5.41, 5.74) is 4.07.